The molecule has 1 saturated heterocycles. The van der Waals surface area contributed by atoms with Crippen LogP contribution in [0.2, 0.25) is 0 Å². The third-order valence-electron chi connectivity index (χ3n) is 5.42. The van der Waals surface area contributed by atoms with Crippen molar-refractivity contribution in [2.45, 2.75) is 61.4 Å². The number of halogens is 3. The molecule has 1 aromatic heterocycles. The lowest BCUT2D eigenvalue weighted by Gasteiger charge is -2.46. The molecule has 3 aromatic rings. The van der Waals surface area contributed by atoms with Crippen LogP contribution in [-0.4, -0.2) is 32.1 Å². The van der Waals surface area contributed by atoms with E-state index in [9.17, 15) is 0 Å². The SMILES string of the molecule is CC1(C)CC(Nc2nc(-c3ccc4ccccc4c3)nc(C(Cl)(Cl)Cl)n2)CC(C)(C)N1. The van der Waals surface area contributed by atoms with Crippen molar-refractivity contribution < 1.29 is 0 Å². The fraction of sp³-hybridized carbons (Fsp3) is 0.435. The van der Waals surface area contributed by atoms with Crippen LogP contribution >= 0.6 is 34.8 Å². The largest absolute Gasteiger partial charge is 0.351 e. The van der Waals surface area contributed by atoms with Crippen molar-refractivity contribution in [2.24, 2.45) is 0 Å². The molecule has 0 saturated carbocycles. The lowest BCUT2D eigenvalue weighted by Crippen LogP contribution is -2.60. The Labute approximate surface area is 197 Å². The summed E-state index contributed by atoms with van der Waals surface area (Å²) in [5.74, 6) is 0.987. The van der Waals surface area contributed by atoms with Gasteiger partial charge in [0.1, 0.15) is 0 Å². The number of piperidine rings is 1. The van der Waals surface area contributed by atoms with E-state index >= 15 is 0 Å². The minimum absolute atomic E-state index is 0.0222. The molecule has 2 N–H and O–H groups in total. The second-order valence-electron chi connectivity index (χ2n) is 9.51. The molecule has 2 aromatic carbocycles. The maximum absolute atomic E-state index is 6.16. The van der Waals surface area contributed by atoms with Crippen LogP contribution in [0.3, 0.4) is 0 Å². The maximum atomic E-state index is 6.16. The molecule has 0 unspecified atom stereocenters. The van der Waals surface area contributed by atoms with Gasteiger partial charge in [-0.25, -0.2) is 4.98 Å². The highest BCUT2D eigenvalue weighted by Crippen LogP contribution is 2.37. The zero-order chi connectivity index (χ0) is 22.4. The molecule has 31 heavy (non-hydrogen) atoms. The highest BCUT2D eigenvalue weighted by atomic mass is 35.6. The first-order valence-electron chi connectivity index (χ1n) is 10.3. The summed E-state index contributed by atoms with van der Waals surface area (Å²) in [4.78, 5) is 13.6. The number of rotatable bonds is 3. The maximum Gasteiger partial charge on any atom is 0.250 e. The molecule has 5 nitrogen and oxygen atoms in total. The van der Waals surface area contributed by atoms with Gasteiger partial charge in [0.25, 0.3) is 0 Å². The molecule has 8 heteroatoms. The van der Waals surface area contributed by atoms with Crippen LogP contribution in [-0.2, 0) is 3.79 Å². The van der Waals surface area contributed by atoms with Crippen molar-refractivity contribution in [1.29, 1.82) is 0 Å². The number of anilines is 1. The first kappa shape index (κ1) is 22.5. The van der Waals surface area contributed by atoms with Gasteiger partial charge in [0, 0.05) is 22.7 Å². The smallest absolute Gasteiger partial charge is 0.250 e. The summed E-state index contributed by atoms with van der Waals surface area (Å²) in [7, 11) is 0. The Morgan fingerprint density at radius 2 is 1.55 bits per heavy atom. The lowest BCUT2D eigenvalue weighted by atomic mass is 9.80. The van der Waals surface area contributed by atoms with Gasteiger partial charge in [-0.05, 0) is 57.4 Å². The molecule has 0 bridgehead atoms. The molecule has 1 aliphatic heterocycles. The highest BCUT2D eigenvalue weighted by Gasteiger charge is 2.38. The molecular weight excluding hydrogens is 453 g/mol. The van der Waals surface area contributed by atoms with Crippen LogP contribution in [0.4, 0.5) is 5.95 Å². The predicted molar refractivity (Wildman–Crippen MR) is 130 cm³/mol. The van der Waals surface area contributed by atoms with E-state index in [2.05, 4.69) is 59.3 Å². The van der Waals surface area contributed by atoms with Crippen LogP contribution in [0.5, 0.6) is 0 Å². The third kappa shape index (κ3) is 5.40. The molecule has 0 amide bonds. The molecule has 4 rings (SSSR count). The van der Waals surface area contributed by atoms with Crippen molar-refractivity contribution in [3.8, 4) is 11.4 Å². The number of hydrogen-bond donors (Lipinski definition) is 2. The Kier molecular flexibility index (Phi) is 5.84. The van der Waals surface area contributed by atoms with E-state index in [1.54, 1.807) is 0 Å². The van der Waals surface area contributed by atoms with Gasteiger partial charge in [-0.3, -0.25) is 0 Å². The van der Waals surface area contributed by atoms with Gasteiger partial charge in [0.2, 0.25) is 9.74 Å². The molecule has 1 aliphatic rings. The number of fused-ring (bicyclic) bond motifs is 1. The Hall–Kier alpha value is -1.66. The molecule has 0 aliphatic carbocycles. The van der Waals surface area contributed by atoms with Crippen LogP contribution in [0.15, 0.2) is 42.5 Å². The number of benzene rings is 2. The summed E-state index contributed by atoms with van der Waals surface area (Å²) in [5.41, 5.74) is 0.794. The van der Waals surface area contributed by atoms with Gasteiger partial charge in [0.15, 0.2) is 11.6 Å². The van der Waals surface area contributed by atoms with Gasteiger partial charge in [-0.15, -0.1) is 0 Å². The average Bonchev–Trinajstić information content (AvgIpc) is 2.64. The van der Waals surface area contributed by atoms with Gasteiger partial charge in [0.05, 0.1) is 0 Å². The first-order chi connectivity index (χ1) is 14.4. The van der Waals surface area contributed by atoms with Crippen molar-refractivity contribution in [1.82, 2.24) is 20.3 Å². The lowest BCUT2D eigenvalue weighted by molar-refractivity contribution is 0.170. The highest BCUT2D eigenvalue weighted by molar-refractivity contribution is 6.66. The monoisotopic (exact) mass is 477 g/mol. The van der Waals surface area contributed by atoms with Crippen molar-refractivity contribution in [3.05, 3.63) is 48.3 Å². The Balaban J connectivity index is 1.72. The zero-order valence-corrected chi connectivity index (χ0v) is 20.3. The number of hydrogen-bond acceptors (Lipinski definition) is 5. The second kappa shape index (κ2) is 8.04. The third-order valence-corrected chi connectivity index (χ3v) is 5.93. The summed E-state index contributed by atoms with van der Waals surface area (Å²) in [6.07, 6.45) is 1.83. The van der Waals surface area contributed by atoms with E-state index in [1.807, 2.05) is 36.4 Å². The number of nitrogens with one attached hydrogen (secondary N) is 2. The molecule has 0 spiro atoms. The van der Waals surface area contributed by atoms with E-state index < -0.39 is 3.79 Å². The van der Waals surface area contributed by atoms with E-state index in [4.69, 9.17) is 34.8 Å². The minimum Gasteiger partial charge on any atom is -0.351 e. The predicted octanol–water partition coefficient (Wildman–Crippen LogP) is 6.24. The summed E-state index contributed by atoms with van der Waals surface area (Å²) >= 11 is 18.5. The van der Waals surface area contributed by atoms with Gasteiger partial charge in [-0.2, -0.15) is 9.97 Å². The molecule has 164 valence electrons. The second-order valence-corrected chi connectivity index (χ2v) is 11.8. The molecule has 2 heterocycles. The summed E-state index contributed by atoms with van der Waals surface area (Å²) in [5, 5.41) is 9.38. The zero-order valence-electron chi connectivity index (χ0n) is 18.0. The number of nitrogens with zero attached hydrogens (tertiary/aromatic N) is 3. The number of aromatic nitrogens is 3. The normalized spacial score (nSPS) is 18.8. The molecule has 1 fully saturated rings. The average molecular weight is 479 g/mol. The minimum atomic E-state index is -1.75. The van der Waals surface area contributed by atoms with Crippen LogP contribution in [0.1, 0.15) is 46.4 Å². The topological polar surface area (TPSA) is 62.7 Å². The van der Waals surface area contributed by atoms with Gasteiger partial charge < -0.3 is 10.6 Å². The fourth-order valence-corrected chi connectivity index (χ4v) is 4.89. The summed E-state index contributed by atoms with van der Waals surface area (Å²) in [6.45, 7) is 8.79. The Morgan fingerprint density at radius 1 is 0.903 bits per heavy atom. The summed E-state index contributed by atoms with van der Waals surface area (Å²) < 4.78 is -1.75. The first-order valence-corrected chi connectivity index (χ1v) is 11.4. The number of alkyl halides is 3. The summed E-state index contributed by atoms with van der Waals surface area (Å²) in [6, 6.07) is 14.3. The Bertz CT molecular complexity index is 1090. The van der Waals surface area contributed by atoms with Crippen LogP contribution in [0.25, 0.3) is 22.2 Å². The van der Waals surface area contributed by atoms with Crippen LogP contribution in [0, 0.1) is 0 Å². The van der Waals surface area contributed by atoms with E-state index in [0.717, 1.165) is 29.2 Å². The quantitative estimate of drug-likeness (QED) is 0.436. The van der Waals surface area contributed by atoms with Crippen molar-refractivity contribution in [3.63, 3.8) is 0 Å². The van der Waals surface area contributed by atoms with Crippen LogP contribution < -0.4 is 10.6 Å². The molecular formula is C23H26Cl3N5. The standard InChI is InChI=1S/C23H26Cl3N5/c1-21(2)12-17(13-22(3,4)31-21)27-20-29-18(28-19(30-20)23(24,25)26)16-10-9-14-7-5-6-8-15(14)11-16/h5-11,17,31H,12-13H2,1-4H3,(H,27,28,29,30). The van der Waals surface area contributed by atoms with E-state index in [-0.39, 0.29) is 22.9 Å². The van der Waals surface area contributed by atoms with E-state index in [1.165, 1.54) is 0 Å². The molecule has 0 atom stereocenters. The van der Waals surface area contributed by atoms with Gasteiger partial charge in [-0.1, -0.05) is 71.2 Å². The van der Waals surface area contributed by atoms with E-state index in [0.29, 0.717) is 11.8 Å². The fourth-order valence-electron chi connectivity index (χ4n) is 4.63. The molecule has 0 radical (unpaired) electrons. The van der Waals surface area contributed by atoms with Gasteiger partial charge >= 0.3 is 0 Å². The van der Waals surface area contributed by atoms with Crippen molar-refractivity contribution in [2.75, 3.05) is 5.32 Å². The Morgan fingerprint density at radius 3 is 2.19 bits per heavy atom. The van der Waals surface area contributed by atoms with Crippen molar-refractivity contribution >= 4 is 51.5 Å².